The first kappa shape index (κ1) is 17.6. The summed E-state index contributed by atoms with van der Waals surface area (Å²) in [5.74, 6) is 2.06. The largest absolute Gasteiger partial charge is 0.493 e. The van der Waals surface area contributed by atoms with Crippen molar-refractivity contribution in [2.45, 2.75) is 5.75 Å². The second-order valence-corrected chi connectivity index (χ2v) is 7.15. The number of thiophene rings is 1. The van der Waals surface area contributed by atoms with E-state index >= 15 is 0 Å². The lowest BCUT2D eigenvalue weighted by Gasteiger charge is -2.04. The fourth-order valence-corrected chi connectivity index (χ4v) is 3.84. The molecule has 0 radical (unpaired) electrons. The summed E-state index contributed by atoms with van der Waals surface area (Å²) in [6.07, 6.45) is 1.72. The summed E-state index contributed by atoms with van der Waals surface area (Å²) in [4.78, 5) is 12.4. The number of carbonyl (C=O) groups is 1. The summed E-state index contributed by atoms with van der Waals surface area (Å²) >= 11 is 3.50. The van der Waals surface area contributed by atoms with E-state index in [1.54, 1.807) is 41.1 Å². The molecule has 0 aliphatic heterocycles. The molecule has 130 valence electrons. The maximum Gasteiger partial charge on any atom is 0.275 e. The van der Waals surface area contributed by atoms with Gasteiger partial charge in [-0.15, -0.1) is 0 Å². The monoisotopic (exact) mass is 373 g/mol. The molecule has 0 aliphatic rings. The Morgan fingerprint density at radius 2 is 2.16 bits per heavy atom. The molecule has 3 aromatic rings. The van der Waals surface area contributed by atoms with Gasteiger partial charge in [0, 0.05) is 18.1 Å². The van der Waals surface area contributed by atoms with E-state index in [0.29, 0.717) is 18.0 Å². The van der Waals surface area contributed by atoms with Gasteiger partial charge in [-0.05, 0) is 34.5 Å². The molecule has 2 aromatic heterocycles. The minimum Gasteiger partial charge on any atom is -0.493 e. The van der Waals surface area contributed by atoms with Gasteiger partial charge in [0.15, 0.2) is 11.4 Å². The molecule has 1 N–H and O–H groups in total. The third-order valence-corrected chi connectivity index (χ3v) is 5.28. The van der Waals surface area contributed by atoms with Crippen LogP contribution >= 0.6 is 23.1 Å². The molecule has 7 heteroatoms. The van der Waals surface area contributed by atoms with Crippen LogP contribution in [0.4, 0.5) is 0 Å². The SMILES string of the molecule is COc1cn(-c2ccccc2)nc1C(=O)NCCSCc1ccsc1. The van der Waals surface area contributed by atoms with Gasteiger partial charge in [0.05, 0.1) is 19.0 Å². The zero-order valence-corrected chi connectivity index (χ0v) is 15.5. The molecule has 2 heterocycles. The van der Waals surface area contributed by atoms with Crippen molar-refractivity contribution in [1.29, 1.82) is 0 Å². The van der Waals surface area contributed by atoms with Gasteiger partial charge in [-0.2, -0.15) is 28.2 Å². The van der Waals surface area contributed by atoms with Crippen molar-refractivity contribution < 1.29 is 9.53 Å². The van der Waals surface area contributed by atoms with Crippen LogP contribution in [0.15, 0.2) is 53.4 Å². The number of aromatic nitrogens is 2. The highest BCUT2D eigenvalue weighted by atomic mass is 32.2. The Balaban J connectivity index is 1.55. The number of carbonyl (C=O) groups excluding carboxylic acids is 1. The van der Waals surface area contributed by atoms with Gasteiger partial charge < -0.3 is 10.1 Å². The van der Waals surface area contributed by atoms with E-state index in [-0.39, 0.29) is 5.91 Å². The van der Waals surface area contributed by atoms with Crippen LogP contribution in [0.2, 0.25) is 0 Å². The minimum atomic E-state index is -0.220. The average Bonchev–Trinajstić information content (AvgIpc) is 3.31. The number of hydrogen-bond acceptors (Lipinski definition) is 5. The molecule has 0 saturated carbocycles. The quantitative estimate of drug-likeness (QED) is 0.613. The molecule has 5 nitrogen and oxygen atoms in total. The highest BCUT2D eigenvalue weighted by molar-refractivity contribution is 7.98. The molecule has 1 amide bonds. The molecule has 0 unspecified atom stereocenters. The van der Waals surface area contributed by atoms with E-state index in [2.05, 4.69) is 27.2 Å². The minimum absolute atomic E-state index is 0.220. The Kier molecular flexibility index (Phi) is 6.14. The molecule has 0 spiro atoms. The number of ether oxygens (including phenoxy) is 1. The molecular formula is C18H19N3O2S2. The van der Waals surface area contributed by atoms with Gasteiger partial charge in [0.1, 0.15) is 0 Å². The van der Waals surface area contributed by atoms with E-state index in [1.165, 1.54) is 5.56 Å². The molecule has 25 heavy (non-hydrogen) atoms. The van der Waals surface area contributed by atoms with Gasteiger partial charge >= 0.3 is 0 Å². The normalized spacial score (nSPS) is 10.6. The maximum atomic E-state index is 12.4. The maximum absolute atomic E-state index is 12.4. The topological polar surface area (TPSA) is 56.2 Å². The molecule has 0 saturated heterocycles. The van der Waals surface area contributed by atoms with Crippen LogP contribution in [0.5, 0.6) is 5.75 Å². The highest BCUT2D eigenvalue weighted by Crippen LogP contribution is 2.19. The first-order valence-electron chi connectivity index (χ1n) is 7.84. The fraction of sp³-hybridized carbons (Fsp3) is 0.222. The van der Waals surface area contributed by atoms with Crippen LogP contribution < -0.4 is 10.1 Å². The summed E-state index contributed by atoms with van der Waals surface area (Å²) in [6, 6.07) is 11.8. The number of amides is 1. The molecule has 3 rings (SSSR count). The third kappa shape index (κ3) is 4.64. The summed E-state index contributed by atoms with van der Waals surface area (Å²) in [6.45, 7) is 0.592. The summed E-state index contributed by atoms with van der Waals surface area (Å²) in [5, 5.41) is 11.5. The Hall–Kier alpha value is -2.25. The number of nitrogens with zero attached hydrogens (tertiary/aromatic N) is 2. The zero-order valence-electron chi connectivity index (χ0n) is 13.8. The Labute approximate surface area is 155 Å². The number of nitrogens with one attached hydrogen (secondary N) is 1. The lowest BCUT2D eigenvalue weighted by atomic mass is 10.3. The standard InChI is InChI=1S/C18H19N3O2S2/c1-23-16-11-21(15-5-3-2-4-6-15)20-17(16)18(22)19-8-10-25-13-14-7-9-24-12-14/h2-7,9,11-12H,8,10,13H2,1H3,(H,19,22). The first-order chi connectivity index (χ1) is 12.3. The fourth-order valence-electron chi connectivity index (χ4n) is 2.26. The van der Waals surface area contributed by atoms with E-state index in [0.717, 1.165) is 17.2 Å². The van der Waals surface area contributed by atoms with Crippen molar-refractivity contribution in [2.75, 3.05) is 19.4 Å². The number of thioether (sulfide) groups is 1. The van der Waals surface area contributed by atoms with E-state index in [9.17, 15) is 4.79 Å². The van der Waals surface area contributed by atoms with Crippen molar-refractivity contribution in [3.63, 3.8) is 0 Å². The second-order valence-electron chi connectivity index (χ2n) is 5.27. The van der Waals surface area contributed by atoms with E-state index in [1.807, 2.05) is 30.3 Å². The van der Waals surface area contributed by atoms with Crippen LogP contribution in [-0.4, -0.2) is 35.1 Å². The van der Waals surface area contributed by atoms with Crippen molar-refractivity contribution in [3.05, 3.63) is 64.6 Å². The van der Waals surface area contributed by atoms with Gasteiger partial charge in [0.2, 0.25) is 0 Å². The summed E-state index contributed by atoms with van der Waals surface area (Å²) in [7, 11) is 1.54. The molecule has 0 atom stereocenters. The zero-order chi connectivity index (χ0) is 17.5. The Morgan fingerprint density at radius 3 is 2.88 bits per heavy atom. The van der Waals surface area contributed by atoms with Crippen molar-refractivity contribution in [1.82, 2.24) is 15.1 Å². The molecule has 1 aromatic carbocycles. The predicted octanol–water partition coefficient (Wildman–Crippen LogP) is 3.61. The third-order valence-electron chi connectivity index (χ3n) is 3.52. The number of methoxy groups -OCH3 is 1. The van der Waals surface area contributed by atoms with Gasteiger partial charge in [-0.3, -0.25) is 4.79 Å². The van der Waals surface area contributed by atoms with Crippen molar-refractivity contribution in [3.8, 4) is 11.4 Å². The van der Waals surface area contributed by atoms with Crippen LogP contribution in [0.1, 0.15) is 16.1 Å². The first-order valence-corrected chi connectivity index (χ1v) is 9.94. The van der Waals surface area contributed by atoms with Crippen LogP contribution in [-0.2, 0) is 5.75 Å². The Bertz CT molecular complexity index is 801. The number of para-hydroxylation sites is 1. The lowest BCUT2D eigenvalue weighted by Crippen LogP contribution is -2.26. The van der Waals surface area contributed by atoms with Gasteiger partial charge in [-0.1, -0.05) is 18.2 Å². The highest BCUT2D eigenvalue weighted by Gasteiger charge is 2.17. The van der Waals surface area contributed by atoms with Gasteiger partial charge in [-0.25, -0.2) is 4.68 Å². The summed E-state index contributed by atoms with van der Waals surface area (Å²) < 4.78 is 6.95. The van der Waals surface area contributed by atoms with Crippen molar-refractivity contribution in [2.24, 2.45) is 0 Å². The van der Waals surface area contributed by atoms with E-state index < -0.39 is 0 Å². The molecule has 0 aliphatic carbocycles. The number of hydrogen-bond donors (Lipinski definition) is 1. The number of benzene rings is 1. The van der Waals surface area contributed by atoms with Crippen LogP contribution in [0, 0.1) is 0 Å². The van der Waals surface area contributed by atoms with E-state index in [4.69, 9.17) is 4.74 Å². The summed E-state index contributed by atoms with van der Waals surface area (Å²) in [5.41, 5.74) is 2.50. The lowest BCUT2D eigenvalue weighted by molar-refractivity contribution is 0.0948. The Morgan fingerprint density at radius 1 is 1.32 bits per heavy atom. The second kappa shape index (κ2) is 8.73. The molecule has 0 fully saturated rings. The van der Waals surface area contributed by atoms with Crippen LogP contribution in [0.25, 0.3) is 5.69 Å². The van der Waals surface area contributed by atoms with Crippen LogP contribution in [0.3, 0.4) is 0 Å². The molecular weight excluding hydrogens is 354 g/mol. The van der Waals surface area contributed by atoms with Gasteiger partial charge in [0.25, 0.3) is 5.91 Å². The average molecular weight is 374 g/mol. The smallest absolute Gasteiger partial charge is 0.275 e. The molecule has 0 bridgehead atoms. The van der Waals surface area contributed by atoms with Crippen molar-refractivity contribution >= 4 is 29.0 Å². The number of rotatable bonds is 8. The predicted molar refractivity (Wildman–Crippen MR) is 103 cm³/mol.